The Bertz CT molecular complexity index is 588. The van der Waals surface area contributed by atoms with Gasteiger partial charge in [0.15, 0.2) is 0 Å². The minimum absolute atomic E-state index is 0.651. The molecule has 0 atom stereocenters. The molecule has 0 bridgehead atoms. The fourth-order valence-corrected chi connectivity index (χ4v) is 2.60. The Balaban J connectivity index is 1.98. The largest absolute Gasteiger partial charge is 0.397 e. The number of halogens is 3. The molecule has 0 aliphatic rings. The Labute approximate surface area is 131 Å². The lowest BCUT2D eigenvalue weighted by molar-refractivity contribution is 1.02. The number of hydrogen-bond acceptors (Lipinski definition) is 2. The van der Waals surface area contributed by atoms with Crippen molar-refractivity contribution in [2.24, 2.45) is 0 Å². The molecule has 2 aromatic carbocycles. The summed E-state index contributed by atoms with van der Waals surface area (Å²) in [4.78, 5) is 0. The van der Waals surface area contributed by atoms with Crippen molar-refractivity contribution in [1.82, 2.24) is 0 Å². The molecule has 3 N–H and O–H groups in total. The lowest BCUT2D eigenvalue weighted by Gasteiger charge is -2.10. The van der Waals surface area contributed by atoms with Gasteiger partial charge in [0.05, 0.1) is 11.4 Å². The standard InChI is InChI=1S/C14H13BrCl2N2/c15-10-2-4-13(18)14(7-10)19-6-5-9-1-3-11(16)8-12(9)17/h1-4,7-8,19H,5-6,18H2. The Morgan fingerprint density at radius 2 is 1.89 bits per heavy atom. The molecular weight excluding hydrogens is 347 g/mol. The number of anilines is 2. The van der Waals surface area contributed by atoms with E-state index in [0.29, 0.717) is 10.0 Å². The van der Waals surface area contributed by atoms with Crippen molar-refractivity contribution in [2.45, 2.75) is 6.42 Å². The Morgan fingerprint density at radius 3 is 2.63 bits per heavy atom. The molecule has 5 heteroatoms. The van der Waals surface area contributed by atoms with Gasteiger partial charge < -0.3 is 11.1 Å². The van der Waals surface area contributed by atoms with Gasteiger partial charge in [0.2, 0.25) is 0 Å². The van der Waals surface area contributed by atoms with E-state index < -0.39 is 0 Å². The zero-order valence-electron chi connectivity index (χ0n) is 10.1. The van der Waals surface area contributed by atoms with E-state index in [1.54, 1.807) is 6.07 Å². The molecular formula is C14H13BrCl2N2. The quantitative estimate of drug-likeness (QED) is 0.754. The van der Waals surface area contributed by atoms with Gasteiger partial charge in [-0.3, -0.25) is 0 Å². The molecule has 19 heavy (non-hydrogen) atoms. The zero-order valence-corrected chi connectivity index (χ0v) is 13.2. The molecule has 0 aromatic heterocycles. The number of nitrogens with one attached hydrogen (secondary N) is 1. The Morgan fingerprint density at radius 1 is 1.11 bits per heavy atom. The third-order valence-electron chi connectivity index (χ3n) is 2.74. The molecule has 0 fully saturated rings. The van der Waals surface area contributed by atoms with Crippen LogP contribution in [-0.2, 0) is 6.42 Å². The summed E-state index contributed by atoms with van der Waals surface area (Å²) in [7, 11) is 0. The average molecular weight is 360 g/mol. The van der Waals surface area contributed by atoms with Crippen LogP contribution in [0.5, 0.6) is 0 Å². The lowest BCUT2D eigenvalue weighted by atomic mass is 10.1. The van der Waals surface area contributed by atoms with Crippen LogP contribution in [0.2, 0.25) is 10.0 Å². The molecule has 0 aliphatic carbocycles. The van der Waals surface area contributed by atoms with Crippen molar-refractivity contribution in [3.05, 3.63) is 56.5 Å². The first-order valence-corrected chi connectivity index (χ1v) is 7.34. The van der Waals surface area contributed by atoms with Crippen molar-refractivity contribution in [2.75, 3.05) is 17.6 Å². The number of rotatable bonds is 4. The van der Waals surface area contributed by atoms with Gasteiger partial charge in [0.1, 0.15) is 0 Å². The number of nitrogens with two attached hydrogens (primary N) is 1. The van der Waals surface area contributed by atoms with Crippen molar-refractivity contribution in [3.8, 4) is 0 Å². The molecule has 0 saturated heterocycles. The second-order valence-corrected chi connectivity index (χ2v) is 5.90. The van der Waals surface area contributed by atoms with Crippen LogP contribution in [0.3, 0.4) is 0 Å². The van der Waals surface area contributed by atoms with Gasteiger partial charge in [-0.05, 0) is 42.3 Å². The highest BCUT2D eigenvalue weighted by Crippen LogP contribution is 2.24. The summed E-state index contributed by atoms with van der Waals surface area (Å²) in [5.41, 5.74) is 8.60. The fourth-order valence-electron chi connectivity index (χ4n) is 1.74. The monoisotopic (exact) mass is 358 g/mol. The van der Waals surface area contributed by atoms with Gasteiger partial charge in [-0.25, -0.2) is 0 Å². The van der Waals surface area contributed by atoms with E-state index in [0.717, 1.165) is 34.4 Å². The van der Waals surface area contributed by atoms with Crippen LogP contribution < -0.4 is 11.1 Å². The lowest BCUT2D eigenvalue weighted by Crippen LogP contribution is -2.07. The van der Waals surface area contributed by atoms with Crippen LogP contribution in [0.1, 0.15) is 5.56 Å². The van der Waals surface area contributed by atoms with Gasteiger partial charge in [-0.1, -0.05) is 45.2 Å². The van der Waals surface area contributed by atoms with Gasteiger partial charge in [0, 0.05) is 21.1 Å². The number of nitrogen functional groups attached to an aromatic ring is 1. The van der Waals surface area contributed by atoms with Crippen molar-refractivity contribution >= 4 is 50.5 Å². The maximum absolute atomic E-state index is 6.12. The van der Waals surface area contributed by atoms with Gasteiger partial charge in [-0.2, -0.15) is 0 Å². The number of hydrogen-bond donors (Lipinski definition) is 2. The first kappa shape index (κ1) is 14.5. The molecule has 0 amide bonds. The smallest absolute Gasteiger partial charge is 0.0585 e. The van der Waals surface area contributed by atoms with Crippen LogP contribution in [0.15, 0.2) is 40.9 Å². The maximum atomic E-state index is 6.12. The second-order valence-electron chi connectivity index (χ2n) is 4.14. The SMILES string of the molecule is Nc1ccc(Br)cc1NCCc1ccc(Cl)cc1Cl. The summed E-state index contributed by atoms with van der Waals surface area (Å²) in [6, 6.07) is 11.3. The minimum Gasteiger partial charge on any atom is -0.397 e. The van der Waals surface area contributed by atoms with Gasteiger partial charge in [0.25, 0.3) is 0 Å². The van der Waals surface area contributed by atoms with E-state index in [9.17, 15) is 0 Å². The third-order valence-corrected chi connectivity index (χ3v) is 3.82. The predicted octanol–water partition coefficient (Wildman–Crippen LogP) is 4.99. The molecule has 0 spiro atoms. The topological polar surface area (TPSA) is 38.0 Å². The molecule has 2 rings (SSSR count). The van der Waals surface area contributed by atoms with E-state index in [1.807, 2.05) is 30.3 Å². The van der Waals surface area contributed by atoms with E-state index in [1.165, 1.54) is 0 Å². The minimum atomic E-state index is 0.651. The zero-order chi connectivity index (χ0) is 13.8. The van der Waals surface area contributed by atoms with E-state index in [4.69, 9.17) is 28.9 Å². The summed E-state index contributed by atoms with van der Waals surface area (Å²) in [6.45, 7) is 0.752. The van der Waals surface area contributed by atoms with E-state index in [2.05, 4.69) is 21.2 Å². The summed E-state index contributed by atoms with van der Waals surface area (Å²) in [6.07, 6.45) is 0.807. The first-order valence-electron chi connectivity index (χ1n) is 5.79. The molecule has 0 heterocycles. The fraction of sp³-hybridized carbons (Fsp3) is 0.143. The predicted molar refractivity (Wildman–Crippen MR) is 87.2 cm³/mol. The summed E-state index contributed by atoms with van der Waals surface area (Å²) in [5, 5.41) is 4.64. The van der Waals surface area contributed by atoms with Crippen LogP contribution >= 0.6 is 39.1 Å². The summed E-state index contributed by atoms with van der Waals surface area (Å²) >= 11 is 15.4. The normalized spacial score (nSPS) is 10.5. The highest BCUT2D eigenvalue weighted by atomic mass is 79.9. The highest BCUT2D eigenvalue weighted by Gasteiger charge is 2.03. The van der Waals surface area contributed by atoms with Gasteiger partial charge in [-0.15, -0.1) is 0 Å². The van der Waals surface area contributed by atoms with Crippen LogP contribution in [-0.4, -0.2) is 6.54 Å². The van der Waals surface area contributed by atoms with E-state index >= 15 is 0 Å². The Hall–Kier alpha value is -0.900. The van der Waals surface area contributed by atoms with Crippen LogP contribution in [0, 0.1) is 0 Å². The van der Waals surface area contributed by atoms with Crippen molar-refractivity contribution in [3.63, 3.8) is 0 Å². The highest BCUT2D eigenvalue weighted by molar-refractivity contribution is 9.10. The van der Waals surface area contributed by atoms with E-state index in [-0.39, 0.29) is 0 Å². The summed E-state index contributed by atoms with van der Waals surface area (Å²) in [5.74, 6) is 0. The third kappa shape index (κ3) is 4.03. The average Bonchev–Trinajstić information content (AvgIpc) is 2.36. The molecule has 100 valence electrons. The molecule has 0 aliphatic heterocycles. The molecule has 0 saturated carbocycles. The van der Waals surface area contributed by atoms with Gasteiger partial charge >= 0.3 is 0 Å². The molecule has 0 radical (unpaired) electrons. The van der Waals surface area contributed by atoms with Crippen LogP contribution in [0.25, 0.3) is 0 Å². The molecule has 2 nitrogen and oxygen atoms in total. The summed E-state index contributed by atoms with van der Waals surface area (Å²) < 4.78 is 0.994. The first-order chi connectivity index (χ1) is 9.06. The van der Waals surface area contributed by atoms with Crippen LogP contribution in [0.4, 0.5) is 11.4 Å². The van der Waals surface area contributed by atoms with Crippen molar-refractivity contribution in [1.29, 1.82) is 0 Å². The molecule has 2 aromatic rings. The maximum Gasteiger partial charge on any atom is 0.0585 e. The molecule has 0 unspecified atom stereocenters. The Kier molecular flexibility index (Phi) is 4.97. The number of benzene rings is 2. The van der Waals surface area contributed by atoms with Crippen molar-refractivity contribution < 1.29 is 0 Å². The second kappa shape index (κ2) is 6.51.